The van der Waals surface area contributed by atoms with Crippen LogP contribution in [-0.2, 0) is 14.4 Å². The van der Waals surface area contributed by atoms with Crippen molar-refractivity contribution in [2.24, 2.45) is 10.7 Å². The first-order valence-electron chi connectivity index (χ1n) is 3.17. The van der Waals surface area contributed by atoms with E-state index in [1.54, 1.807) is 0 Å². The maximum Gasteiger partial charge on any atom is 0.303 e. The molecule has 0 saturated heterocycles. The lowest BCUT2D eigenvalue weighted by atomic mass is 10.1. The molecule has 0 aromatic carbocycles. The number of nitrogens with two attached hydrogens (primary N) is 1. The van der Waals surface area contributed by atoms with Crippen molar-refractivity contribution in [1.82, 2.24) is 0 Å². The first kappa shape index (κ1) is 10.5. The molecule has 6 nitrogen and oxygen atoms in total. The molecule has 0 aliphatic heterocycles. The van der Waals surface area contributed by atoms with Gasteiger partial charge in [0.25, 0.3) is 5.91 Å². The normalized spacial score (nSPS) is 11.4. The Morgan fingerprint density at radius 3 is 2.58 bits per heavy atom. The number of aliphatic imine (C=N–C) groups is 1. The zero-order valence-corrected chi connectivity index (χ0v) is 6.19. The van der Waals surface area contributed by atoms with Gasteiger partial charge in [0.2, 0.25) is 6.08 Å². The van der Waals surface area contributed by atoms with Gasteiger partial charge in [-0.15, -0.1) is 4.99 Å². The van der Waals surface area contributed by atoms with Gasteiger partial charge in [-0.05, 0) is 6.42 Å². The molecule has 1 amide bonds. The van der Waals surface area contributed by atoms with E-state index in [1.165, 1.54) is 0 Å². The van der Waals surface area contributed by atoms with E-state index in [-0.39, 0.29) is 12.8 Å². The van der Waals surface area contributed by atoms with Gasteiger partial charge in [0, 0.05) is 6.42 Å². The van der Waals surface area contributed by atoms with E-state index < -0.39 is 17.9 Å². The highest BCUT2D eigenvalue weighted by molar-refractivity contribution is 5.86. The van der Waals surface area contributed by atoms with E-state index in [0.717, 1.165) is 6.08 Å². The van der Waals surface area contributed by atoms with Crippen LogP contribution in [0.5, 0.6) is 0 Å². The SMILES string of the molecule is N[C@@H](CCC(=O)O)C(=O)N=C=O. The molecule has 0 aliphatic carbocycles. The summed E-state index contributed by atoms with van der Waals surface area (Å²) in [4.78, 5) is 32.9. The average molecular weight is 172 g/mol. The summed E-state index contributed by atoms with van der Waals surface area (Å²) in [6.45, 7) is 0. The van der Waals surface area contributed by atoms with Crippen molar-refractivity contribution in [3.8, 4) is 0 Å². The minimum atomic E-state index is -1.05. The fourth-order valence-electron chi connectivity index (χ4n) is 0.530. The maximum atomic E-state index is 10.6. The van der Waals surface area contributed by atoms with Crippen LogP contribution in [-0.4, -0.2) is 29.1 Å². The summed E-state index contributed by atoms with van der Waals surface area (Å²) in [6.07, 6.45) is 0.785. The van der Waals surface area contributed by atoms with Crippen molar-refractivity contribution in [2.75, 3.05) is 0 Å². The van der Waals surface area contributed by atoms with Crippen LogP contribution in [0, 0.1) is 0 Å². The third-order valence-electron chi connectivity index (χ3n) is 1.14. The van der Waals surface area contributed by atoms with Gasteiger partial charge in [0.05, 0.1) is 6.04 Å². The first-order chi connectivity index (χ1) is 5.57. The molecule has 0 fully saturated rings. The van der Waals surface area contributed by atoms with Gasteiger partial charge >= 0.3 is 5.97 Å². The minimum absolute atomic E-state index is 0.0284. The molecule has 0 heterocycles. The lowest BCUT2D eigenvalue weighted by Crippen LogP contribution is -2.29. The van der Waals surface area contributed by atoms with Crippen molar-refractivity contribution in [2.45, 2.75) is 18.9 Å². The number of carboxylic acid groups (broad SMARTS) is 1. The minimum Gasteiger partial charge on any atom is -0.481 e. The molecule has 3 N–H and O–H groups in total. The molecule has 0 radical (unpaired) electrons. The number of amides is 1. The molecule has 0 aromatic rings. The van der Waals surface area contributed by atoms with E-state index in [9.17, 15) is 14.4 Å². The van der Waals surface area contributed by atoms with Crippen LogP contribution in [0.2, 0.25) is 0 Å². The second kappa shape index (κ2) is 5.17. The monoisotopic (exact) mass is 172 g/mol. The number of carbonyl (C=O) groups is 2. The standard InChI is InChI=1S/C6H8N2O4/c7-4(1-2-5(10)11)6(12)8-3-9/h4H,1-2,7H2,(H,10,11)/t4-/m0/s1. The first-order valence-corrected chi connectivity index (χ1v) is 3.17. The highest BCUT2D eigenvalue weighted by atomic mass is 16.4. The Labute approximate surface area is 68.1 Å². The molecule has 0 aromatic heterocycles. The predicted octanol–water partition coefficient (Wildman–Crippen LogP) is -0.959. The molecule has 12 heavy (non-hydrogen) atoms. The van der Waals surface area contributed by atoms with E-state index in [1.807, 2.05) is 0 Å². The summed E-state index contributed by atoms with van der Waals surface area (Å²) >= 11 is 0. The van der Waals surface area contributed by atoms with Gasteiger partial charge in [-0.25, -0.2) is 4.79 Å². The molecule has 0 bridgehead atoms. The summed E-state index contributed by atoms with van der Waals surface area (Å²) in [5.74, 6) is -1.89. The summed E-state index contributed by atoms with van der Waals surface area (Å²) in [7, 11) is 0. The number of aliphatic carboxylic acids is 1. The number of hydrogen-bond donors (Lipinski definition) is 2. The maximum absolute atomic E-state index is 10.6. The fraction of sp³-hybridized carbons (Fsp3) is 0.500. The number of hydrogen-bond acceptors (Lipinski definition) is 4. The zero-order chi connectivity index (χ0) is 9.56. The van der Waals surface area contributed by atoms with Crippen LogP contribution in [0.4, 0.5) is 0 Å². The molecule has 0 aliphatic rings. The number of rotatable bonds is 4. The third kappa shape index (κ3) is 4.32. The second-order valence-electron chi connectivity index (χ2n) is 2.08. The fourth-order valence-corrected chi connectivity index (χ4v) is 0.530. The van der Waals surface area contributed by atoms with Crippen LogP contribution in [0.15, 0.2) is 4.99 Å². The van der Waals surface area contributed by atoms with Crippen molar-refractivity contribution in [1.29, 1.82) is 0 Å². The van der Waals surface area contributed by atoms with Crippen LogP contribution in [0.1, 0.15) is 12.8 Å². The highest BCUT2D eigenvalue weighted by Gasteiger charge is 2.13. The van der Waals surface area contributed by atoms with E-state index >= 15 is 0 Å². The zero-order valence-electron chi connectivity index (χ0n) is 6.19. The van der Waals surface area contributed by atoms with Gasteiger partial charge in [-0.3, -0.25) is 9.59 Å². The molecule has 6 heteroatoms. The smallest absolute Gasteiger partial charge is 0.303 e. The molecule has 0 spiro atoms. The van der Waals surface area contributed by atoms with Crippen LogP contribution >= 0.6 is 0 Å². The summed E-state index contributed by atoms with van der Waals surface area (Å²) < 4.78 is 0. The van der Waals surface area contributed by atoms with Crippen molar-refractivity contribution < 1.29 is 19.5 Å². The van der Waals surface area contributed by atoms with Crippen molar-refractivity contribution >= 4 is 18.0 Å². The largest absolute Gasteiger partial charge is 0.481 e. The van der Waals surface area contributed by atoms with Crippen LogP contribution in [0.3, 0.4) is 0 Å². The lowest BCUT2D eigenvalue weighted by molar-refractivity contribution is -0.137. The Balaban J connectivity index is 3.87. The van der Waals surface area contributed by atoms with E-state index in [0.29, 0.717) is 0 Å². The van der Waals surface area contributed by atoms with Crippen LogP contribution < -0.4 is 5.73 Å². The average Bonchev–Trinajstić information content (AvgIpc) is 2.00. The van der Waals surface area contributed by atoms with Gasteiger partial charge in [-0.2, -0.15) is 0 Å². The number of isocyanates is 1. The van der Waals surface area contributed by atoms with Gasteiger partial charge < -0.3 is 10.8 Å². The summed E-state index contributed by atoms with van der Waals surface area (Å²) in [5.41, 5.74) is 5.17. The second-order valence-corrected chi connectivity index (χ2v) is 2.08. The molecule has 1 atom stereocenters. The number of carboxylic acids is 1. The summed E-state index contributed by atoms with van der Waals surface area (Å²) in [5, 5.41) is 8.20. The highest BCUT2D eigenvalue weighted by Crippen LogP contribution is 1.95. The van der Waals surface area contributed by atoms with Crippen molar-refractivity contribution in [3.05, 3.63) is 0 Å². The predicted molar refractivity (Wildman–Crippen MR) is 38.0 cm³/mol. The van der Waals surface area contributed by atoms with Crippen molar-refractivity contribution in [3.63, 3.8) is 0 Å². The molecular weight excluding hydrogens is 164 g/mol. The third-order valence-corrected chi connectivity index (χ3v) is 1.14. The quantitative estimate of drug-likeness (QED) is 0.419. The topological polar surface area (TPSA) is 110 Å². The van der Waals surface area contributed by atoms with Gasteiger partial charge in [0.15, 0.2) is 0 Å². The Kier molecular flexibility index (Phi) is 4.52. The Hall–Kier alpha value is -1.52. The molecule has 66 valence electrons. The Morgan fingerprint density at radius 1 is 1.58 bits per heavy atom. The molecule has 0 rings (SSSR count). The lowest BCUT2D eigenvalue weighted by Gasteiger charge is -2.02. The van der Waals surface area contributed by atoms with Crippen LogP contribution in [0.25, 0.3) is 0 Å². The molecule has 0 saturated carbocycles. The molecule has 0 unspecified atom stereocenters. The summed E-state index contributed by atoms with van der Waals surface area (Å²) in [6, 6.07) is -1.03. The number of carbonyl (C=O) groups excluding carboxylic acids is 2. The number of nitrogens with zero attached hydrogens (tertiary/aromatic N) is 1. The van der Waals surface area contributed by atoms with E-state index in [2.05, 4.69) is 4.99 Å². The van der Waals surface area contributed by atoms with E-state index in [4.69, 9.17) is 10.8 Å². The van der Waals surface area contributed by atoms with Gasteiger partial charge in [0.1, 0.15) is 0 Å². The van der Waals surface area contributed by atoms with Gasteiger partial charge in [-0.1, -0.05) is 0 Å². The Bertz CT molecular complexity index is 232. The Morgan fingerprint density at radius 2 is 2.17 bits per heavy atom. The molecular formula is C6H8N2O4.